The molecule has 18 heavy (non-hydrogen) atoms. The molecule has 0 radical (unpaired) electrons. The number of hydrogen-bond donors (Lipinski definition) is 1. The molecule has 0 bridgehead atoms. The summed E-state index contributed by atoms with van der Waals surface area (Å²) >= 11 is 0. The Morgan fingerprint density at radius 3 is 2.67 bits per heavy atom. The van der Waals surface area contributed by atoms with E-state index in [4.69, 9.17) is 5.73 Å². The Balaban J connectivity index is 2.32. The summed E-state index contributed by atoms with van der Waals surface area (Å²) in [6.45, 7) is 4.02. The standard InChI is InChI=1S/C13H18FN3O/c1-8-4-3-5-9(2)17(8)13(18)11-6-10(14)7-16-12(11)15/h6-9H,3-5H2,1-2H3,(H2,15,16)/t8-,9+. The molecule has 0 saturated carbocycles. The molecule has 0 spiro atoms. The predicted molar refractivity (Wildman–Crippen MR) is 67.6 cm³/mol. The van der Waals surface area contributed by atoms with Gasteiger partial charge in [0.2, 0.25) is 0 Å². The Morgan fingerprint density at radius 2 is 2.06 bits per heavy atom. The van der Waals surface area contributed by atoms with Crippen molar-refractivity contribution in [3.8, 4) is 0 Å². The predicted octanol–water partition coefficient (Wildman–Crippen LogP) is 2.21. The summed E-state index contributed by atoms with van der Waals surface area (Å²) in [5.41, 5.74) is 5.83. The highest BCUT2D eigenvalue weighted by molar-refractivity contribution is 5.98. The van der Waals surface area contributed by atoms with Gasteiger partial charge >= 0.3 is 0 Å². The van der Waals surface area contributed by atoms with Crippen LogP contribution in [0.2, 0.25) is 0 Å². The lowest BCUT2D eigenvalue weighted by Gasteiger charge is -2.39. The fraction of sp³-hybridized carbons (Fsp3) is 0.538. The molecule has 4 nitrogen and oxygen atoms in total. The van der Waals surface area contributed by atoms with Crippen LogP contribution in [0.1, 0.15) is 43.5 Å². The van der Waals surface area contributed by atoms with E-state index in [1.165, 1.54) is 6.07 Å². The van der Waals surface area contributed by atoms with Crippen LogP contribution in [0.3, 0.4) is 0 Å². The van der Waals surface area contributed by atoms with Crippen LogP contribution in [0, 0.1) is 5.82 Å². The van der Waals surface area contributed by atoms with E-state index in [0.717, 1.165) is 25.5 Å². The van der Waals surface area contributed by atoms with Crippen molar-refractivity contribution in [1.82, 2.24) is 9.88 Å². The number of nitrogens with two attached hydrogens (primary N) is 1. The molecule has 1 aromatic rings. The van der Waals surface area contributed by atoms with Crippen LogP contribution >= 0.6 is 0 Å². The lowest BCUT2D eigenvalue weighted by Crippen LogP contribution is -2.47. The van der Waals surface area contributed by atoms with Gasteiger partial charge in [0, 0.05) is 12.1 Å². The van der Waals surface area contributed by atoms with E-state index >= 15 is 0 Å². The van der Waals surface area contributed by atoms with Crippen molar-refractivity contribution in [2.24, 2.45) is 0 Å². The van der Waals surface area contributed by atoms with Crippen molar-refractivity contribution in [2.45, 2.75) is 45.2 Å². The SMILES string of the molecule is C[C@@H]1CCC[C@H](C)N1C(=O)c1cc(F)cnc1N. The number of anilines is 1. The normalized spacial score (nSPS) is 24.1. The minimum atomic E-state index is -0.537. The number of rotatable bonds is 1. The first-order valence-electron chi connectivity index (χ1n) is 6.24. The van der Waals surface area contributed by atoms with Crippen molar-refractivity contribution >= 4 is 11.7 Å². The summed E-state index contributed by atoms with van der Waals surface area (Å²) in [6, 6.07) is 1.48. The number of halogens is 1. The minimum Gasteiger partial charge on any atom is -0.383 e. The molecule has 98 valence electrons. The highest BCUT2D eigenvalue weighted by Gasteiger charge is 2.30. The lowest BCUT2D eigenvalue weighted by molar-refractivity contribution is 0.0511. The number of carbonyl (C=O) groups is 1. The van der Waals surface area contributed by atoms with Gasteiger partial charge in [0.05, 0.1) is 11.8 Å². The quantitative estimate of drug-likeness (QED) is 0.832. The van der Waals surface area contributed by atoms with E-state index in [1.54, 1.807) is 4.90 Å². The van der Waals surface area contributed by atoms with Crippen molar-refractivity contribution in [3.63, 3.8) is 0 Å². The monoisotopic (exact) mass is 251 g/mol. The second-order valence-corrected chi connectivity index (χ2v) is 4.93. The van der Waals surface area contributed by atoms with Crippen LogP contribution in [0.15, 0.2) is 12.3 Å². The van der Waals surface area contributed by atoms with E-state index in [9.17, 15) is 9.18 Å². The zero-order valence-corrected chi connectivity index (χ0v) is 10.7. The Hall–Kier alpha value is -1.65. The number of carbonyl (C=O) groups excluding carboxylic acids is 1. The molecule has 2 atom stereocenters. The lowest BCUT2D eigenvalue weighted by atomic mass is 9.96. The number of nitrogen functional groups attached to an aromatic ring is 1. The van der Waals surface area contributed by atoms with Gasteiger partial charge in [-0.15, -0.1) is 0 Å². The molecule has 0 aliphatic carbocycles. The summed E-state index contributed by atoms with van der Waals surface area (Å²) in [7, 11) is 0. The first-order chi connectivity index (χ1) is 8.50. The Bertz CT molecular complexity index is 454. The van der Waals surface area contributed by atoms with Gasteiger partial charge in [-0.25, -0.2) is 9.37 Å². The smallest absolute Gasteiger partial charge is 0.258 e. The number of nitrogens with zero attached hydrogens (tertiary/aromatic N) is 2. The molecule has 5 heteroatoms. The minimum absolute atomic E-state index is 0.0892. The largest absolute Gasteiger partial charge is 0.383 e. The Kier molecular flexibility index (Phi) is 3.50. The third-order valence-electron chi connectivity index (χ3n) is 3.54. The highest BCUT2D eigenvalue weighted by atomic mass is 19.1. The molecule has 2 N–H and O–H groups in total. The van der Waals surface area contributed by atoms with Gasteiger partial charge in [-0.1, -0.05) is 0 Å². The average Bonchev–Trinajstić information content (AvgIpc) is 2.32. The number of piperidine rings is 1. The molecule has 1 amide bonds. The summed E-state index contributed by atoms with van der Waals surface area (Å²) in [5.74, 6) is -0.671. The van der Waals surface area contributed by atoms with E-state index in [-0.39, 0.29) is 29.4 Å². The molecule has 1 aliphatic rings. The number of hydrogen-bond acceptors (Lipinski definition) is 3. The number of aromatic nitrogens is 1. The first-order valence-corrected chi connectivity index (χ1v) is 6.24. The number of likely N-dealkylation sites (tertiary alicyclic amines) is 1. The average molecular weight is 251 g/mol. The van der Waals surface area contributed by atoms with E-state index in [1.807, 2.05) is 13.8 Å². The van der Waals surface area contributed by atoms with Gasteiger partial charge < -0.3 is 10.6 Å². The number of amides is 1. The van der Waals surface area contributed by atoms with Crippen LogP contribution in [0.4, 0.5) is 10.2 Å². The molecular weight excluding hydrogens is 233 g/mol. The van der Waals surface area contributed by atoms with E-state index < -0.39 is 5.82 Å². The van der Waals surface area contributed by atoms with Gasteiger partial charge in [0.1, 0.15) is 11.6 Å². The molecule has 2 heterocycles. The molecule has 0 aromatic carbocycles. The van der Waals surface area contributed by atoms with Gasteiger partial charge in [-0.2, -0.15) is 0 Å². The van der Waals surface area contributed by atoms with Crippen LogP contribution in [-0.2, 0) is 0 Å². The third kappa shape index (κ3) is 2.30. The zero-order chi connectivity index (χ0) is 13.3. The van der Waals surface area contributed by atoms with Crippen LogP contribution in [-0.4, -0.2) is 27.9 Å². The van der Waals surface area contributed by atoms with Crippen LogP contribution < -0.4 is 5.73 Å². The topological polar surface area (TPSA) is 59.2 Å². The van der Waals surface area contributed by atoms with Gasteiger partial charge in [0.15, 0.2) is 0 Å². The number of pyridine rings is 1. The molecule has 1 aromatic heterocycles. The maximum atomic E-state index is 13.2. The van der Waals surface area contributed by atoms with Crippen molar-refractivity contribution < 1.29 is 9.18 Å². The first kappa shape index (κ1) is 12.8. The van der Waals surface area contributed by atoms with Crippen molar-refractivity contribution in [2.75, 3.05) is 5.73 Å². The summed E-state index contributed by atoms with van der Waals surface area (Å²) in [5, 5.41) is 0. The van der Waals surface area contributed by atoms with Gasteiger partial charge in [-0.3, -0.25) is 4.79 Å². The Morgan fingerprint density at radius 1 is 1.44 bits per heavy atom. The second kappa shape index (κ2) is 4.92. The van der Waals surface area contributed by atoms with Crippen molar-refractivity contribution in [3.05, 3.63) is 23.6 Å². The van der Waals surface area contributed by atoms with E-state index in [0.29, 0.717) is 0 Å². The summed E-state index contributed by atoms with van der Waals surface area (Å²) < 4.78 is 13.2. The molecule has 0 unspecified atom stereocenters. The Labute approximate surface area is 106 Å². The fourth-order valence-electron chi connectivity index (χ4n) is 2.58. The maximum Gasteiger partial charge on any atom is 0.258 e. The summed E-state index contributed by atoms with van der Waals surface area (Å²) in [4.78, 5) is 17.9. The second-order valence-electron chi connectivity index (χ2n) is 4.93. The fourth-order valence-corrected chi connectivity index (χ4v) is 2.58. The molecule has 1 fully saturated rings. The summed E-state index contributed by atoms with van der Waals surface area (Å²) in [6.07, 6.45) is 4.08. The van der Waals surface area contributed by atoms with E-state index in [2.05, 4.69) is 4.98 Å². The molecule has 2 rings (SSSR count). The van der Waals surface area contributed by atoms with Gasteiger partial charge in [0.25, 0.3) is 5.91 Å². The maximum absolute atomic E-state index is 13.2. The highest BCUT2D eigenvalue weighted by Crippen LogP contribution is 2.25. The molecule has 1 aliphatic heterocycles. The molecular formula is C13H18FN3O. The van der Waals surface area contributed by atoms with Crippen molar-refractivity contribution in [1.29, 1.82) is 0 Å². The van der Waals surface area contributed by atoms with Gasteiger partial charge in [-0.05, 0) is 39.2 Å². The zero-order valence-electron chi connectivity index (χ0n) is 10.7. The third-order valence-corrected chi connectivity index (χ3v) is 3.54. The van der Waals surface area contributed by atoms with Crippen LogP contribution in [0.5, 0.6) is 0 Å². The molecule has 1 saturated heterocycles. The van der Waals surface area contributed by atoms with Crippen LogP contribution in [0.25, 0.3) is 0 Å².